The van der Waals surface area contributed by atoms with Crippen LogP contribution in [-0.2, 0) is 24.1 Å². The Balaban J connectivity index is 1.85. The maximum atomic E-state index is 12.7. The highest BCUT2D eigenvalue weighted by Crippen LogP contribution is 2.37. The number of fused-ring (bicyclic) bond motifs is 1. The Hall–Kier alpha value is -1.93. The molecule has 0 amide bonds. The summed E-state index contributed by atoms with van der Waals surface area (Å²) in [7, 11) is 0. The van der Waals surface area contributed by atoms with Gasteiger partial charge >= 0.3 is 5.97 Å². The maximum absolute atomic E-state index is 12.7. The molecular weight excluding hydrogens is 392 g/mol. The number of nitrogens with one attached hydrogen (secondary N) is 2. The first kappa shape index (κ1) is 20.8. The lowest BCUT2D eigenvalue weighted by atomic mass is 9.96. The van der Waals surface area contributed by atoms with Crippen LogP contribution >= 0.6 is 23.6 Å². The van der Waals surface area contributed by atoms with E-state index in [1.165, 1.54) is 17.7 Å². The summed E-state index contributed by atoms with van der Waals surface area (Å²) in [4.78, 5) is 14.0. The number of ether oxygens (including phenoxy) is 1. The minimum atomic E-state index is -0.263. The molecule has 0 bridgehead atoms. The summed E-state index contributed by atoms with van der Waals surface area (Å²) in [6.45, 7) is 6.98. The van der Waals surface area contributed by atoms with Gasteiger partial charge in [0.05, 0.1) is 23.6 Å². The molecule has 2 aromatic rings. The monoisotopic (exact) mass is 420 g/mol. The molecule has 3 rings (SSSR count). The number of nitrogens with zero attached hydrogens (tertiary/aromatic N) is 2. The van der Waals surface area contributed by atoms with E-state index in [1.807, 2.05) is 31.6 Å². The van der Waals surface area contributed by atoms with Crippen LogP contribution in [0.15, 0.2) is 6.20 Å². The van der Waals surface area contributed by atoms with Gasteiger partial charge in [0.15, 0.2) is 5.11 Å². The van der Waals surface area contributed by atoms with Crippen molar-refractivity contribution in [2.45, 2.75) is 65.8 Å². The molecule has 2 N–H and O–H groups in total. The standard InChI is InChI=1S/C20H28N4O2S2/c1-4-24-12-15(13(3)23-24)21-20(27)22-18-17(19(25)26-5-2)14-10-8-6-7-9-11-16(14)28-18/h12H,4-11H2,1-3H3,(H2,21,22,27). The zero-order valence-electron chi connectivity index (χ0n) is 16.8. The molecule has 6 nitrogen and oxygen atoms in total. The minimum Gasteiger partial charge on any atom is -0.462 e. The van der Waals surface area contributed by atoms with Crippen LogP contribution in [0.2, 0.25) is 0 Å². The molecule has 1 aliphatic rings. The maximum Gasteiger partial charge on any atom is 0.341 e. The van der Waals surface area contributed by atoms with Crippen molar-refractivity contribution in [1.82, 2.24) is 9.78 Å². The van der Waals surface area contributed by atoms with Crippen LogP contribution in [0.3, 0.4) is 0 Å². The Morgan fingerprint density at radius 3 is 2.68 bits per heavy atom. The predicted molar refractivity (Wildman–Crippen MR) is 119 cm³/mol. The van der Waals surface area contributed by atoms with Crippen LogP contribution in [0.4, 0.5) is 10.7 Å². The van der Waals surface area contributed by atoms with Crippen LogP contribution in [0.1, 0.15) is 66.0 Å². The van der Waals surface area contributed by atoms with Crippen LogP contribution in [0.25, 0.3) is 0 Å². The second-order valence-corrected chi connectivity index (χ2v) is 8.42. The van der Waals surface area contributed by atoms with Gasteiger partial charge in [-0.3, -0.25) is 4.68 Å². The quantitative estimate of drug-likeness (QED) is 0.529. The number of rotatable bonds is 5. The third kappa shape index (κ3) is 4.72. The van der Waals surface area contributed by atoms with Gasteiger partial charge in [0.2, 0.25) is 0 Å². The molecule has 152 valence electrons. The van der Waals surface area contributed by atoms with Crippen molar-refractivity contribution in [2.24, 2.45) is 0 Å². The van der Waals surface area contributed by atoms with E-state index < -0.39 is 0 Å². The van der Waals surface area contributed by atoms with Crippen LogP contribution in [0, 0.1) is 6.92 Å². The molecule has 28 heavy (non-hydrogen) atoms. The van der Waals surface area contributed by atoms with Gasteiger partial charge in [-0.2, -0.15) is 5.10 Å². The second kappa shape index (κ2) is 9.52. The van der Waals surface area contributed by atoms with Gasteiger partial charge in [0.1, 0.15) is 5.00 Å². The second-order valence-electron chi connectivity index (χ2n) is 6.91. The summed E-state index contributed by atoms with van der Waals surface area (Å²) in [5, 5.41) is 12.1. The molecule has 0 spiro atoms. The van der Waals surface area contributed by atoms with E-state index >= 15 is 0 Å². The first-order chi connectivity index (χ1) is 13.5. The first-order valence-corrected chi connectivity index (χ1v) is 11.2. The summed E-state index contributed by atoms with van der Waals surface area (Å²) < 4.78 is 7.21. The van der Waals surface area contributed by atoms with Crippen molar-refractivity contribution in [3.05, 3.63) is 27.9 Å². The Bertz CT molecular complexity index is 857. The van der Waals surface area contributed by atoms with E-state index in [2.05, 4.69) is 15.7 Å². The summed E-state index contributed by atoms with van der Waals surface area (Å²) in [6, 6.07) is 0. The molecule has 0 aromatic carbocycles. The van der Waals surface area contributed by atoms with Crippen molar-refractivity contribution in [2.75, 3.05) is 17.2 Å². The summed E-state index contributed by atoms with van der Waals surface area (Å²) >= 11 is 7.15. The number of anilines is 2. The molecule has 0 fully saturated rings. The van der Waals surface area contributed by atoms with E-state index in [0.29, 0.717) is 17.3 Å². The topological polar surface area (TPSA) is 68.2 Å². The van der Waals surface area contributed by atoms with Crippen molar-refractivity contribution >= 4 is 45.3 Å². The van der Waals surface area contributed by atoms with E-state index in [0.717, 1.165) is 54.2 Å². The largest absolute Gasteiger partial charge is 0.462 e. The third-order valence-corrected chi connectivity index (χ3v) is 6.31. The molecule has 0 atom stereocenters. The highest BCUT2D eigenvalue weighted by Gasteiger charge is 2.25. The number of thiophene rings is 1. The number of hydrogen-bond acceptors (Lipinski definition) is 5. The highest BCUT2D eigenvalue weighted by atomic mass is 32.1. The first-order valence-electron chi connectivity index (χ1n) is 9.97. The number of carbonyl (C=O) groups excluding carboxylic acids is 1. The molecule has 1 aliphatic carbocycles. The number of esters is 1. The SMILES string of the molecule is CCOC(=O)c1c(NC(=S)Nc2cn(CC)nc2C)sc2c1CCCCCC2. The van der Waals surface area contributed by atoms with Crippen molar-refractivity contribution in [3.8, 4) is 0 Å². The number of aromatic nitrogens is 2. The van der Waals surface area contributed by atoms with E-state index in [9.17, 15) is 4.79 Å². The Kier molecular flexibility index (Phi) is 7.07. The summed E-state index contributed by atoms with van der Waals surface area (Å²) in [5.41, 5.74) is 3.55. The zero-order valence-corrected chi connectivity index (χ0v) is 18.4. The average Bonchev–Trinajstić information content (AvgIpc) is 3.15. The molecular formula is C20H28N4O2S2. The number of carbonyl (C=O) groups is 1. The smallest absolute Gasteiger partial charge is 0.341 e. The highest BCUT2D eigenvalue weighted by molar-refractivity contribution is 7.80. The molecule has 0 saturated carbocycles. The molecule has 0 aliphatic heterocycles. The lowest BCUT2D eigenvalue weighted by Gasteiger charge is -2.12. The zero-order chi connectivity index (χ0) is 20.1. The van der Waals surface area contributed by atoms with Crippen molar-refractivity contribution < 1.29 is 9.53 Å². The normalized spacial score (nSPS) is 14.0. The van der Waals surface area contributed by atoms with Gasteiger partial charge < -0.3 is 15.4 Å². The molecule has 0 saturated heterocycles. The van der Waals surface area contributed by atoms with Gasteiger partial charge in [0.25, 0.3) is 0 Å². The van der Waals surface area contributed by atoms with Gasteiger partial charge in [-0.1, -0.05) is 12.8 Å². The number of thiocarbonyl (C=S) groups is 1. The van der Waals surface area contributed by atoms with Crippen LogP contribution < -0.4 is 10.6 Å². The number of hydrogen-bond donors (Lipinski definition) is 2. The average molecular weight is 421 g/mol. The molecule has 0 radical (unpaired) electrons. The van der Waals surface area contributed by atoms with Gasteiger partial charge in [-0.05, 0) is 64.2 Å². The van der Waals surface area contributed by atoms with Crippen molar-refractivity contribution in [1.29, 1.82) is 0 Å². The summed E-state index contributed by atoms with van der Waals surface area (Å²) in [5.74, 6) is -0.263. The van der Waals surface area contributed by atoms with E-state index in [4.69, 9.17) is 17.0 Å². The fourth-order valence-electron chi connectivity index (χ4n) is 3.49. The van der Waals surface area contributed by atoms with Crippen LogP contribution in [-0.4, -0.2) is 27.5 Å². The minimum absolute atomic E-state index is 0.263. The van der Waals surface area contributed by atoms with Crippen molar-refractivity contribution in [3.63, 3.8) is 0 Å². The van der Waals surface area contributed by atoms with Gasteiger partial charge in [0, 0.05) is 17.6 Å². The fraction of sp³-hybridized carbons (Fsp3) is 0.550. The predicted octanol–water partition coefficient (Wildman–Crippen LogP) is 4.92. The third-order valence-electron chi connectivity index (χ3n) is 4.90. The van der Waals surface area contributed by atoms with Crippen LogP contribution in [0.5, 0.6) is 0 Å². The molecule has 2 heterocycles. The van der Waals surface area contributed by atoms with E-state index in [-0.39, 0.29) is 5.97 Å². The molecule has 0 unspecified atom stereocenters. The lowest BCUT2D eigenvalue weighted by Crippen LogP contribution is -2.20. The summed E-state index contributed by atoms with van der Waals surface area (Å²) in [6.07, 6.45) is 8.59. The lowest BCUT2D eigenvalue weighted by molar-refractivity contribution is 0.0526. The fourth-order valence-corrected chi connectivity index (χ4v) is 5.04. The Morgan fingerprint density at radius 1 is 1.25 bits per heavy atom. The Labute approximate surface area is 175 Å². The van der Waals surface area contributed by atoms with Gasteiger partial charge in [-0.25, -0.2) is 4.79 Å². The molecule has 8 heteroatoms. The number of aryl methyl sites for hydroxylation is 3. The molecule has 2 aromatic heterocycles. The van der Waals surface area contributed by atoms with Gasteiger partial charge in [-0.15, -0.1) is 11.3 Å². The van der Waals surface area contributed by atoms with E-state index in [1.54, 1.807) is 11.3 Å². The Morgan fingerprint density at radius 2 is 2.00 bits per heavy atom.